The SMILES string of the molecule is CC1(c2ccccc2)CN(CC(O)CN2CCOCC2)CCO1. The van der Waals surface area contributed by atoms with Crippen LogP contribution in [0.5, 0.6) is 0 Å². The van der Waals surface area contributed by atoms with E-state index in [-0.39, 0.29) is 11.7 Å². The molecule has 128 valence electrons. The third-order valence-electron chi connectivity index (χ3n) is 4.78. The molecule has 2 aliphatic heterocycles. The van der Waals surface area contributed by atoms with E-state index in [1.165, 1.54) is 5.56 Å². The highest BCUT2D eigenvalue weighted by Crippen LogP contribution is 2.29. The van der Waals surface area contributed by atoms with Crippen molar-refractivity contribution >= 4 is 0 Å². The fourth-order valence-corrected chi connectivity index (χ4v) is 3.51. The number of hydrogen-bond donors (Lipinski definition) is 1. The van der Waals surface area contributed by atoms with E-state index in [1.807, 2.05) is 6.07 Å². The minimum atomic E-state index is -0.328. The first-order valence-corrected chi connectivity index (χ1v) is 8.56. The molecule has 2 atom stereocenters. The average Bonchev–Trinajstić information content (AvgIpc) is 2.56. The van der Waals surface area contributed by atoms with Crippen LogP contribution < -0.4 is 0 Å². The van der Waals surface area contributed by atoms with Crippen molar-refractivity contribution in [1.29, 1.82) is 0 Å². The minimum absolute atomic E-state index is 0.293. The van der Waals surface area contributed by atoms with Crippen LogP contribution in [0.3, 0.4) is 0 Å². The predicted octanol–water partition coefficient (Wildman–Crippen LogP) is 0.927. The Hall–Kier alpha value is -0.980. The highest BCUT2D eigenvalue weighted by Gasteiger charge is 2.34. The Labute approximate surface area is 138 Å². The summed E-state index contributed by atoms with van der Waals surface area (Å²) in [6.07, 6.45) is -0.328. The topological polar surface area (TPSA) is 45.2 Å². The molecule has 2 heterocycles. The summed E-state index contributed by atoms with van der Waals surface area (Å²) < 4.78 is 11.4. The number of nitrogens with zero attached hydrogens (tertiary/aromatic N) is 2. The fraction of sp³-hybridized carbons (Fsp3) is 0.667. The lowest BCUT2D eigenvalue weighted by Crippen LogP contribution is -2.52. The van der Waals surface area contributed by atoms with Gasteiger partial charge in [-0.05, 0) is 12.5 Å². The summed E-state index contributed by atoms with van der Waals surface area (Å²) in [4.78, 5) is 4.60. The zero-order chi connectivity index (χ0) is 16.1. The molecule has 2 aliphatic rings. The number of hydrogen-bond acceptors (Lipinski definition) is 5. The van der Waals surface area contributed by atoms with Crippen LogP contribution in [0.15, 0.2) is 30.3 Å². The van der Waals surface area contributed by atoms with E-state index < -0.39 is 0 Å². The molecule has 0 spiro atoms. The summed E-state index contributed by atoms with van der Waals surface area (Å²) in [5.41, 5.74) is 0.908. The fourth-order valence-electron chi connectivity index (χ4n) is 3.51. The largest absolute Gasteiger partial charge is 0.390 e. The molecule has 0 aliphatic carbocycles. The van der Waals surface area contributed by atoms with Gasteiger partial charge in [-0.3, -0.25) is 9.80 Å². The Bertz CT molecular complexity index is 478. The summed E-state index contributed by atoms with van der Waals surface area (Å²) in [6, 6.07) is 10.4. The van der Waals surface area contributed by atoms with Crippen LogP contribution in [0, 0.1) is 0 Å². The van der Waals surface area contributed by atoms with Crippen molar-refractivity contribution in [3.8, 4) is 0 Å². The second-order valence-corrected chi connectivity index (χ2v) is 6.75. The third kappa shape index (κ3) is 4.52. The number of ether oxygens (including phenoxy) is 2. The van der Waals surface area contributed by atoms with Crippen LogP contribution in [-0.4, -0.2) is 80.1 Å². The molecule has 2 saturated heterocycles. The van der Waals surface area contributed by atoms with E-state index in [1.54, 1.807) is 0 Å². The van der Waals surface area contributed by atoms with E-state index in [2.05, 4.69) is 41.0 Å². The van der Waals surface area contributed by atoms with Crippen LogP contribution >= 0.6 is 0 Å². The maximum absolute atomic E-state index is 10.4. The maximum atomic E-state index is 10.4. The van der Waals surface area contributed by atoms with Crippen LogP contribution in [-0.2, 0) is 15.1 Å². The second kappa shape index (κ2) is 7.73. The molecule has 1 aromatic carbocycles. The summed E-state index contributed by atoms with van der Waals surface area (Å²) in [5.74, 6) is 0. The van der Waals surface area contributed by atoms with Gasteiger partial charge in [0, 0.05) is 39.3 Å². The smallest absolute Gasteiger partial charge is 0.103 e. The van der Waals surface area contributed by atoms with E-state index in [9.17, 15) is 5.11 Å². The highest BCUT2D eigenvalue weighted by atomic mass is 16.5. The van der Waals surface area contributed by atoms with Gasteiger partial charge in [0.1, 0.15) is 5.60 Å². The van der Waals surface area contributed by atoms with Gasteiger partial charge in [0.15, 0.2) is 0 Å². The number of β-amino-alcohol motifs (C(OH)–C–C–N with tert-alkyl or cyclic N) is 1. The number of benzene rings is 1. The normalized spacial score (nSPS) is 28.6. The monoisotopic (exact) mass is 320 g/mol. The highest BCUT2D eigenvalue weighted by molar-refractivity contribution is 5.22. The molecular weight excluding hydrogens is 292 g/mol. The summed E-state index contributed by atoms with van der Waals surface area (Å²) >= 11 is 0. The van der Waals surface area contributed by atoms with Gasteiger partial charge in [-0.25, -0.2) is 0 Å². The lowest BCUT2D eigenvalue weighted by atomic mass is 9.93. The van der Waals surface area contributed by atoms with Crippen LogP contribution in [0.1, 0.15) is 12.5 Å². The van der Waals surface area contributed by atoms with Crippen LogP contribution in [0.25, 0.3) is 0 Å². The third-order valence-corrected chi connectivity index (χ3v) is 4.78. The molecule has 0 radical (unpaired) electrons. The van der Waals surface area contributed by atoms with E-state index >= 15 is 0 Å². The van der Waals surface area contributed by atoms with Crippen molar-refractivity contribution in [2.24, 2.45) is 0 Å². The lowest BCUT2D eigenvalue weighted by Gasteiger charge is -2.42. The van der Waals surface area contributed by atoms with Gasteiger partial charge in [0.05, 0.1) is 25.9 Å². The van der Waals surface area contributed by atoms with Crippen molar-refractivity contribution < 1.29 is 14.6 Å². The molecule has 5 heteroatoms. The molecule has 0 saturated carbocycles. The van der Waals surface area contributed by atoms with Gasteiger partial charge in [0.25, 0.3) is 0 Å². The molecule has 0 aromatic heterocycles. The number of aliphatic hydroxyl groups excluding tert-OH is 1. The van der Waals surface area contributed by atoms with Crippen molar-refractivity contribution in [2.75, 3.05) is 59.1 Å². The van der Waals surface area contributed by atoms with Crippen LogP contribution in [0.2, 0.25) is 0 Å². The zero-order valence-electron chi connectivity index (χ0n) is 14.0. The standard InChI is InChI=1S/C18H28N2O3/c1-18(16-5-3-2-4-6-16)15-20(9-12-23-18)14-17(21)13-19-7-10-22-11-8-19/h2-6,17,21H,7-15H2,1H3. The lowest BCUT2D eigenvalue weighted by molar-refractivity contribution is -0.111. The van der Waals surface area contributed by atoms with E-state index in [4.69, 9.17) is 9.47 Å². The quantitative estimate of drug-likeness (QED) is 0.874. The number of aliphatic hydroxyl groups is 1. The maximum Gasteiger partial charge on any atom is 0.103 e. The molecular formula is C18H28N2O3. The van der Waals surface area contributed by atoms with Gasteiger partial charge in [-0.1, -0.05) is 30.3 Å². The van der Waals surface area contributed by atoms with Crippen molar-refractivity contribution in [1.82, 2.24) is 9.80 Å². The van der Waals surface area contributed by atoms with Crippen molar-refractivity contribution in [3.05, 3.63) is 35.9 Å². The first-order chi connectivity index (χ1) is 11.2. The molecule has 1 aromatic rings. The van der Waals surface area contributed by atoms with Gasteiger partial charge < -0.3 is 14.6 Å². The van der Waals surface area contributed by atoms with Crippen LogP contribution in [0.4, 0.5) is 0 Å². The number of rotatable bonds is 5. The van der Waals surface area contributed by atoms with Gasteiger partial charge in [-0.15, -0.1) is 0 Å². The Morgan fingerprint density at radius 2 is 1.70 bits per heavy atom. The summed E-state index contributed by atoms with van der Waals surface area (Å²) in [6.45, 7) is 9.35. The zero-order valence-corrected chi connectivity index (χ0v) is 14.0. The second-order valence-electron chi connectivity index (χ2n) is 6.75. The molecule has 2 unspecified atom stereocenters. The summed E-state index contributed by atoms with van der Waals surface area (Å²) in [7, 11) is 0. The van der Waals surface area contributed by atoms with E-state index in [0.717, 1.165) is 45.9 Å². The van der Waals surface area contributed by atoms with Crippen molar-refractivity contribution in [3.63, 3.8) is 0 Å². The molecule has 0 amide bonds. The Morgan fingerprint density at radius 1 is 1.04 bits per heavy atom. The van der Waals surface area contributed by atoms with Crippen molar-refractivity contribution in [2.45, 2.75) is 18.6 Å². The average molecular weight is 320 g/mol. The predicted molar refractivity (Wildman–Crippen MR) is 89.5 cm³/mol. The first-order valence-electron chi connectivity index (χ1n) is 8.56. The minimum Gasteiger partial charge on any atom is -0.390 e. The Balaban J connectivity index is 1.54. The van der Waals surface area contributed by atoms with Gasteiger partial charge >= 0.3 is 0 Å². The molecule has 23 heavy (non-hydrogen) atoms. The molecule has 2 fully saturated rings. The van der Waals surface area contributed by atoms with Gasteiger partial charge in [-0.2, -0.15) is 0 Å². The molecule has 3 rings (SSSR count). The van der Waals surface area contributed by atoms with E-state index in [0.29, 0.717) is 13.2 Å². The Kier molecular flexibility index (Phi) is 5.67. The molecule has 0 bridgehead atoms. The molecule has 5 nitrogen and oxygen atoms in total. The first kappa shape index (κ1) is 16.9. The number of morpholine rings is 2. The van der Waals surface area contributed by atoms with Gasteiger partial charge in [0.2, 0.25) is 0 Å². The summed E-state index contributed by atoms with van der Waals surface area (Å²) in [5, 5.41) is 10.4. The molecule has 1 N–H and O–H groups in total. The Morgan fingerprint density at radius 3 is 2.43 bits per heavy atom.